The minimum absolute atomic E-state index is 0.186. The van der Waals surface area contributed by atoms with E-state index >= 15 is 0 Å². The van der Waals surface area contributed by atoms with E-state index in [1.165, 1.54) is 6.33 Å². The zero-order valence-corrected chi connectivity index (χ0v) is 10.5. The molecule has 6 nitrogen and oxygen atoms in total. The smallest absolute Gasteiger partial charge is 0.328 e. The third-order valence-corrected chi connectivity index (χ3v) is 3.03. The molecule has 1 aliphatic rings. The molecule has 0 aromatic carbocycles. The molecule has 2 heterocycles. The molecule has 98 valence electrons. The van der Waals surface area contributed by atoms with Crippen molar-refractivity contribution in [1.29, 1.82) is 0 Å². The SMILES string of the molecule is CCOC(=O)C1CCCCN1c1cc(N)ncn1. The topological polar surface area (TPSA) is 81.3 Å². The second kappa shape index (κ2) is 5.66. The molecule has 1 atom stereocenters. The maximum absolute atomic E-state index is 11.9. The third-order valence-electron chi connectivity index (χ3n) is 3.03. The highest BCUT2D eigenvalue weighted by molar-refractivity contribution is 5.80. The molecule has 6 heteroatoms. The molecule has 1 aromatic rings. The maximum Gasteiger partial charge on any atom is 0.328 e. The average molecular weight is 250 g/mol. The van der Waals surface area contributed by atoms with Crippen LogP contribution in [0.5, 0.6) is 0 Å². The second-order valence-electron chi connectivity index (χ2n) is 4.26. The number of nitrogen functional groups attached to an aromatic ring is 1. The summed E-state index contributed by atoms with van der Waals surface area (Å²) in [5.74, 6) is 0.919. The van der Waals surface area contributed by atoms with Gasteiger partial charge >= 0.3 is 5.97 Å². The predicted molar refractivity (Wildman–Crippen MR) is 68.1 cm³/mol. The fourth-order valence-electron chi connectivity index (χ4n) is 2.21. The van der Waals surface area contributed by atoms with Gasteiger partial charge in [-0.15, -0.1) is 0 Å². The molecule has 2 N–H and O–H groups in total. The summed E-state index contributed by atoms with van der Waals surface area (Å²) in [6.07, 6.45) is 4.28. The molecule has 0 aliphatic carbocycles. The molecule has 1 fully saturated rings. The number of anilines is 2. The lowest BCUT2D eigenvalue weighted by molar-refractivity contribution is -0.145. The molecular formula is C12H18N4O2. The van der Waals surface area contributed by atoms with Gasteiger partial charge in [-0.2, -0.15) is 0 Å². The number of carbonyl (C=O) groups excluding carboxylic acids is 1. The molecule has 1 saturated heterocycles. The van der Waals surface area contributed by atoms with Crippen LogP contribution < -0.4 is 10.6 Å². The lowest BCUT2D eigenvalue weighted by Crippen LogP contribution is -2.46. The van der Waals surface area contributed by atoms with Crippen LogP contribution in [0, 0.1) is 0 Å². The highest BCUT2D eigenvalue weighted by Gasteiger charge is 2.30. The van der Waals surface area contributed by atoms with E-state index in [0.717, 1.165) is 25.8 Å². The molecular weight excluding hydrogens is 232 g/mol. The van der Waals surface area contributed by atoms with Crippen LogP contribution in [0.2, 0.25) is 0 Å². The summed E-state index contributed by atoms with van der Waals surface area (Å²) in [6, 6.07) is 1.44. The van der Waals surface area contributed by atoms with Crippen LogP contribution in [0.3, 0.4) is 0 Å². The largest absolute Gasteiger partial charge is 0.464 e. The molecule has 2 rings (SSSR count). The Labute approximate surface area is 106 Å². The summed E-state index contributed by atoms with van der Waals surface area (Å²) >= 11 is 0. The Morgan fingerprint density at radius 3 is 3.11 bits per heavy atom. The van der Waals surface area contributed by atoms with Gasteiger partial charge in [0, 0.05) is 12.6 Å². The van der Waals surface area contributed by atoms with Gasteiger partial charge < -0.3 is 15.4 Å². The van der Waals surface area contributed by atoms with E-state index in [1.54, 1.807) is 6.07 Å². The van der Waals surface area contributed by atoms with Gasteiger partial charge in [0.05, 0.1) is 6.61 Å². The van der Waals surface area contributed by atoms with Gasteiger partial charge in [0.15, 0.2) is 0 Å². The molecule has 1 aromatic heterocycles. The van der Waals surface area contributed by atoms with E-state index in [2.05, 4.69) is 9.97 Å². The number of ether oxygens (including phenoxy) is 1. The number of nitrogens with two attached hydrogens (primary N) is 1. The van der Waals surface area contributed by atoms with Gasteiger partial charge in [0.1, 0.15) is 24.0 Å². The fraction of sp³-hybridized carbons (Fsp3) is 0.583. The third kappa shape index (κ3) is 2.69. The summed E-state index contributed by atoms with van der Waals surface area (Å²) in [5.41, 5.74) is 5.65. The van der Waals surface area contributed by atoms with Crippen LogP contribution in [0.15, 0.2) is 12.4 Å². The Hall–Kier alpha value is -1.85. The predicted octanol–water partition coefficient (Wildman–Crippen LogP) is 0.981. The number of piperidine rings is 1. The van der Waals surface area contributed by atoms with Crippen molar-refractivity contribution in [3.05, 3.63) is 12.4 Å². The standard InChI is InChI=1S/C12H18N4O2/c1-2-18-12(17)9-5-3-4-6-16(9)11-7-10(13)14-8-15-11/h7-9H,2-6H2,1H3,(H2,13,14,15). The van der Waals surface area contributed by atoms with Crippen molar-refractivity contribution in [3.8, 4) is 0 Å². The lowest BCUT2D eigenvalue weighted by atomic mass is 10.0. The molecule has 1 unspecified atom stereocenters. The van der Waals surface area contributed by atoms with E-state index in [4.69, 9.17) is 10.5 Å². The van der Waals surface area contributed by atoms with E-state index in [9.17, 15) is 4.79 Å². The van der Waals surface area contributed by atoms with Crippen molar-refractivity contribution in [3.63, 3.8) is 0 Å². The van der Waals surface area contributed by atoms with Crippen molar-refractivity contribution >= 4 is 17.6 Å². The first-order valence-electron chi connectivity index (χ1n) is 6.23. The number of carbonyl (C=O) groups is 1. The summed E-state index contributed by atoms with van der Waals surface area (Å²) in [5, 5.41) is 0. The minimum Gasteiger partial charge on any atom is -0.464 e. The summed E-state index contributed by atoms with van der Waals surface area (Å²) in [4.78, 5) is 21.9. The number of aromatic nitrogens is 2. The summed E-state index contributed by atoms with van der Waals surface area (Å²) in [6.45, 7) is 3.00. The molecule has 0 spiro atoms. The monoisotopic (exact) mass is 250 g/mol. The second-order valence-corrected chi connectivity index (χ2v) is 4.26. The average Bonchev–Trinajstić information content (AvgIpc) is 2.39. The normalized spacial score (nSPS) is 19.6. The molecule has 0 amide bonds. The summed E-state index contributed by atoms with van der Waals surface area (Å²) in [7, 11) is 0. The van der Waals surface area contributed by atoms with Crippen molar-refractivity contribution in [2.24, 2.45) is 0 Å². The number of esters is 1. The summed E-state index contributed by atoms with van der Waals surface area (Å²) < 4.78 is 5.11. The first-order valence-corrected chi connectivity index (χ1v) is 6.23. The van der Waals surface area contributed by atoms with Crippen LogP contribution in [-0.4, -0.2) is 35.1 Å². The molecule has 0 saturated carbocycles. The Bertz CT molecular complexity index is 424. The van der Waals surface area contributed by atoms with Crippen molar-refractivity contribution < 1.29 is 9.53 Å². The van der Waals surface area contributed by atoms with Crippen LogP contribution >= 0.6 is 0 Å². The Morgan fingerprint density at radius 1 is 1.56 bits per heavy atom. The van der Waals surface area contributed by atoms with Crippen molar-refractivity contribution in [2.45, 2.75) is 32.2 Å². The Kier molecular flexibility index (Phi) is 3.96. The molecule has 0 radical (unpaired) electrons. The van der Waals surface area contributed by atoms with Gasteiger partial charge in [0.2, 0.25) is 0 Å². The van der Waals surface area contributed by atoms with Crippen LogP contribution in [0.4, 0.5) is 11.6 Å². The number of nitrogens with zero attached hydrogens (tertiary/aromatic N) is 3. The zero-order chi connectivity index (χ0) is 13.0. The van der Waals surface area contributed by atoms with Crippen LogP contribution in [-0.2, 0) is 9.53 Å². The Morgan fingerprint density at radius 2 is 2.39 bits per heavy atom. The quantitative estimate of drug-likeness (QED) is 0.805. The number of rotatable bonds is 3. The molecule has 1 aliphatic heterocycles. The van der Waals surface area contributed by atoms with Crippen LogP contribution in [0.25, 0.3) is 0 Å². The minimum atomic E-state index is -0.256. The first-order chi connectivity index (χ1) is 8.72. The molecule has 18 heavy (non-hydrogen) atoms. The fourth-order valence-corrected chi connectivity index (χ4v) is 2.21. The first kappa shape index (κ1) is 12.6. The number of hydrogen-bond donors (Lipinski definition) is 1. The van der Waals surface area contributed by atoms with Crippen molar-refractivity contribution in [1.82, 2.24) is 9.97 Å². The number of hydrogen-bond acceptors (Lipinski definition) is 6. The van der Waals surface area contributed by atoms with E-state index in [-0.39, 0.29) is 12.0 Å². The zero-order valence-electron chi connectivity index (χ0n) is 10.5. The van der Waals surface area contributed by atoms with Gasteiger partial charge in [-0.05, 0) is 26.2 Å². The molecule has 0 bridgehead atoms. The maximum atomic E-state index is 11.9. The van der Waals surface area contributed by atoms with Gasteiger partial charge in [0.25, 0.3) is 0 Å². The van der Waals surface area contributed by atoms with Gasteiger partial charge in [-0.3, -0.25) is 0 Å². The highest BCUT2D eigenvalue weighted by Crippen LogP contribution is 2.24. The van der Waals surface area contributed by atoms with Crippen LogP contribution in [0.1, 0.15) is 26.2 Å². The van der Waals surface area contributed by atoms with E-state index in [1.807, 2.05) is 11.8 Å². The van der Waals surface area contributed by atoms with Gasteiger partial charge in [-0.25, -0.2) is 14.8 Å². The van der Waals surface area contributed by atoms with Crippen molar-refractivity contribution in [2.75, 3.05) is 23.8 Å². The van der Waals surface area contributed by atoms with E-state index < -0.39 is 0 Å². The highest BCUT2D eigenvalue weighted by atomic mass is 16.5. The van der Waals surface area contributed by atoms with Gasteiger partial charge in [-0.1, -0.05) is 0 Å². The lowest BCUT2D eigenvalue weighted by Gasteiger charge is -2.34. The van der Waals surface area contributed by atoms with E-state index in [0.29, 0.717) is 18.2 Å². The Balaban J connectivity index is 2.20.